The topological polar surface area (TPSA) is 81.7 Å². The Balaban J connectivity index is 1.85. The van der Waals surface area contributed by atoms with E-state index in [1.54, 1.807) is 11.5 Å². The highest BCUT2D eigenvalue weighted by Crippen LogP contribution is 2.48. The lowest BCUT2D eigenvalue weighted by molar-refractivity contribution is -0.669. The molecule has 0 aromatic carbocycles. The number of carbonyl (C=O) groups is 2. The first-order valence-electron chi connectivity index (χ1n) is 7.99. The summed E-state index contributed by atoms with van der Waals surface area (Å²) < 4.78 is 1.78. The minimum Gasteiger partial charge on any atom is -0.477 e. The van der Waals surface area contributed by atoms with Gasteiger partial charge in [0.1, 0.15) is 12.7 Å². The number of aliphatic carboxylic acids is 1. The molecule has 0 saturated carbocycles. The summed E-state index contributed by atoms with van der Waals surface area (Å²) in [5.74, 6) is -1.58. The van der Waals surface area contributed by atoms with Crippen molar-refractivity contribution in [2.24, 2.45) is 18.9 Å². The summed E-state index contributed by atoms with van der Waals surface area (Å²) in [4.78, 5) is 26.3. The number of thioether (sulfide) groups is 1. The zero-order valence-electron chi connectivity index (χ0n) is 14.1. The fourth-order valence-corrected chi connectivity index (χ4v) is 4.92. The molecule has 0 unspecified atom stereocenters. The van der Waals surface area contributed by atoms with Crippen molar-refractivity contribution in [3.05, 3.63) is 34.8 Å². The Morgan fingerprint density at radius 3 is 2.76 bits per heavy atom. The lowest BCUT2D eigenvalue weighted by atomic mass is 9.78. The minimum absolute atomic E-state index is 0.0690. The molecule has 134 valence electrons. The molecule has 2 aliphatic rings. The number of fused-ring (bicyclic) bond motifs is 1. The Hall–Kier alpha value is -1.57. The number of aromatic nitrogens is 1. The van der Waals surface area contributed by atoms with Crippen molar-refractivity contribution in [3.8, 4) is 0 Å². The number of aliphatic hydroxyl groups is 1. The van der Waals surface area contributed by atoms with Crippen molar-refractivity contribution >= 4 is 35.2 Å². The summed E-state index contributed by atoms with van der Waals surface area (Å²) in [5, 5.41) is 20.0. The van der Waals surface area contributed by atoms with Crippen LogP contribution in [0.5, 0.6) is 0 Å². The molecule has 1 aromatic heterocycles. The predicted molar refractivity (Wildman–Crippen MR) is 93.0 cm³/mol. The molecule has 8 heteroatoms. The van der Waals surface area contributed by atoms with Crippen LogP contribution in [0.4, 0.5) is 0 Å². The number of carboxylic acid groups (broad SMARTS) is 1. The molecule has 2 N–H and O–H groups in total. The van der Waals surface area contributed by atoms with Crippen LogP contribution in [0.25, 0.3) is 0 Å². The number of β-lactam (4-membered cyclic amide) rings is 1. The van der Waals surface area contributed by atoms with Crippen molar-refractivity contribution in [1.29, 1.82) is 0 Å². The highest BCUT2D eigenvalue weighted by molar-refractivity contribution is 7.99. The van der Waals surface area contributed by atoms with Crippen LogP contribution in [0.1, 0.15) is 13.8 Å². The number of rotatable bonds is 5. The fourth-order valence-electron chi connectivity index (χ4n) is 3.61. The lowest BCUT2D eigenvalue weighted by Crippen LogP contribution is -2.63. The third kappa shape index (κ3) is 2.94. The predicted octanol–water partition coefficient (Wildman–Crippen LogP) is 1.45. The van der Waals surface area contributed by atoms with Crippen LogP contribution in [0.2, 0.25) is 5.15 Å². The van der Waals surface area contributed by atoms with Gasteiger partial charge in [0, 0.05) is 28.7 Å². The van der Waals surface area contributed by atoms with E-state index in [1.165, 1.54) is 16.7 Å². The zero-order chi connectivity index (χ0) is 18.5. The highest BCUT2D eigenvalue weighted by Gasteiger charge is 2.59. The fraction of sp³-hybridized carbons (Fsp3) is 0.471. The zero-order valence-corrected chi connectivity index (χ0v) is 15.7. The monoisotopic (exact) mass is 383 g/mol. The van der Waals surface area contributed by atoms with Gasteiger partial charge >= 0.3 is 5.97 Å². The standard InChI is InChI=1S/C17H19ClN2O4S/c1-8-11(7-25-10-4-5-19(3)12(18)6-10)15(17(23)24)20-14(8)13(9(2)21)16(20)22/h4-6,8-9,13-14,21H,7H2,1-3H3/p+1/t8-,9+,13+,14+/m0/s1. The van der Waals surface area contributed by atoms with Gasteiger partial charge in [-0.15, -0.1) is 11.8 Å². The Labute approximate surface area is 155 Å². The molecule has 1 amide bonds. The molecule has 4 atom stereocenters. The van der Waals surface area contributed by atoms with Crippen molar-refractivity contribution in [2.45, 2.75) is 30.9 Å². The lowest BCUT2D eigenvalue weighted by Gasteiger charge is -2.46. The maximum absolute atomic E-state index is 12.3. The number of aliphatic hydroxyl groups excluding tert-OH is 1. The first-order valence-corrected chi connectivity index (χ1v) is 9.35. The average Bonchev–Trinajstić information content (AvgIpc) is 2.77. The number of aryl methyl sites for hydroxylation is 1. The quantitative estimate of drug-likeness (QED) is 0.348. The molecule has 0 spiro atoms. The SMILES string of the molecule is C[C@@H](O)[C@H]1C(=O)N2C(C(=O)O)=C(CSc3cc[n+](C)c(Cl)c3)[C@H](C)[C@H]12. The summed E-state index contributed by atoms with van der Waals surface area (Å²) in [6.45, 7) is 3.50. The molecule has 1 saturated heterocycles. The number of carboxylic acids is 1. The van der Waals surface area contributed by atoms with Gasteiger partial charge in [0.05, 0.1) is 18.1 Å². The van der Waals surface area contributed by atoms with Gasteiger partial charge in [0.15, 0.2) is 6.20 Å². The first-order chi connectivity index (χ1) is 11.7. The molecular weight excluding hydrogens is 364 g/mol. The van der Waals surface area contributed by atoms with Crippen LogP contribution < -0.4 is 4.57 Å². The molecule has 0 radical (unpaired) electrons. The van der Waals surface area contributed by atoms with Crippen LogP contribution in [-0.2, 0) is 16.6 Å². The number of hydrogen-bond acceptors (Lipinski definition) is 4. The minimum atomic E-state index is -1.10. The van der Waals surface area contributed by atoms with Gasteiger partial charge in [0.2, 0.25) is 5.91 Å². The number of nitrogens with zero attached hydrogens (tertiary/aromatic N) is 2. The number of amides is 1. The second-order valence-electron chi connectivity index (χ2n) is 6.52. The van der Waals surface area contributed by atoms with E-state index in [0.717, 1.165) is 10.5 Å². The van der Waals surface area contributed by atoms with E-state index < -0.39 is 18.0 Å². The Morgan fingerprint density at radius 1 is 1.52 bits per heavy atom. The number of pyridine rings is 1. The van der Waals surface area contributed by atoms with E-state index in [1.807, 2.05) is 32.3 Å². The normalized spacial score (nSPS) is 26.5. The first kappa shape index (κ1) is 18.2. The summed E-state index contributed by atoms with van der Waals surface area (Å²) in [6, 6.07) is 3.47. The molecule has 1 fully saturated rings. The van der Waals surface area contributed by atoms with E-state index in [9.17, 15) is 19.8 Å². The van der Waals surface area contributed by atoms with E-state index in [4.69, 9.17) is 11.6 Å². The summed E-state index contributed by atoms with van der Waals surface area (Å²) in [5.41, 5.74) is 0.794. The summed E-state index contributed by atoms with van der Waals surface area (Å²) >= 11 is 7.60. The molecule has 2 aliphatic heterocycles. The van der Waals surface area contributed by atoms with E-state index >= 15 is 0 Å². The molecule has 25 heavy (non-hydrogen) atoms. The van der Waals surface area contributed by atoms with E-state index in [2.05, 4.69) is 0 Å². The molecule has 3 heterocycles. The average molecular weight is 384 g/mol. The maximum atomic E-state index is 12.3. The second-order valence-corrected chi connectivity index (χ2v) is 7.95. The third-order valence-corrected chi connectivity index (χ3v) is 6.39. The number of halogens is 1. The van der Waals surface area contributed by atoms with Crippen LogP contribution in [0.15, 0.2) is 34.5 Å². The van der Waals surface area contributed by atoms with E-state index in [-0.39, 0.29) is 23.6 Å². The second kappa shape index (κ2) is 6.63. The van der Waals surface area contributed by atoms with Crippen LogP contribution >= 0.6 is 23.4 Å². The summed E-state index contributed by atoms with van der Waals surface area (Å²) in [7, 11) is 1.84. The van der Waals surface area contributed by atoms with Gasteiger partial charge < -0.3 is 15.1 Å². The van der Waals surface area contributed by atoms with Gasteiger partial charge in [-0.1, -0.05) is 6.92 Å². The molecular formula is C17H20ClN2O4S+. The van der Waals surface area contributed by atoms with E-state index in [0.29, 0.717) is 10.9 Å². The van der Waals surface area contributed by atoms with Crippen molar-refractivity contribution in [3.63, 3.8) is 0 Å². The van der Waals surface area contributed by atoms with Crippen LogP contribution in [0.3, 0.4) is 0 Å². The van der Waals surface area contributed by atoms with Gasteiger partial charge in [0.25, 0.3) is 5.15 Å². The highest BCUT2D eigenvalue weighted by atomic mass is 35.5. The van der Waals surface area contributed by atoms with Crippen molar-refractivity contribution in [1.82, 2.24) is 4.90 Å². The molecule has 3 rings (SSSR count). The number of hydrogen-bond donors (Lipinski definition) is 2. The van der Waals surface area contributed by atoms with Crippen LogP contribution in [0, 0.1) is 11.8 Å². The van der Waals surface area contributed by atoms with Crippen molar-refractivity contribution < 1.29 is 24.4 Å². The Morgan fingerprint density at radius 2 is 2.20 bits per heavy atom. The third-order valence-electron chi connectivity index (χ3n) is 4.97. The largest absolute Gasteiger partial charge is 0.477 e. The van der Waals surface area contributed by atoms with Crippen molar-refractivity contribution in [2.75, 3.05) is 5.75 Å². The Kier molecular flexibility index (Phi) is 4.83. The Bertz CT molecular complexity index is 780. The molecule has 0 bridgehead atoms. The smallest absolute Gasteiger partial charge is 0.352 e. The van der Waals surface area contributed by atoms with Gasteiger partial charge in [-0.25, -0.2) is 4.79 Å². The number of carbonyl (C=O) groups excluding carboxylic acids is 1. The molecule has 0 aliphatic carbocycles. The molecule has 6 nitrogen and oxygen atoms in total. The molecule has 1 aromatic rings. The summed E-state index contributed by atoms with van der Waals surface area (Å²) in [6.07, 6.45) is 1.06. The van der Waals surface area contributed by atoms with Gasteiger partial charge in [-0.3, -0.25) is 4.79 Å². The van der Waals surface area contributed by atoms with Crippen LogP contribution in [-0.4, -0.2) is 44.9 Å². The maximum Gasteiger partial charge on any atom is 0.352 e. The van der Waals surface area contributed by atoms with Gasteiger partial charge in [-0.05, 0) is 24.1 Å². The van der Waals surface area contributed by atoms with Gasteiger partial charge in [-0.2, -0.15) is 4.57 Å².